The summed E-state index contributed by atoms with van der Waals surface area (Å²) in [5.41, 5.74) is 2.42. The molecule has 1 aromatic carbocycles. The van der Waals surface area contributed by atoms with Crippen LogP contribution in [0.3, 0.4) is 0 Å². The average molecular weight is 396 g/mol. The minimum atomic E-state index is 0.0157. The lowest BCUT2D eigenvalue weighted by Gasteiger charge is -2.24. The second-order valence-electron chi connectivity index (χ2n) is 6.68. The van der Waals surface area contributed by atoms with E-state index >= 15 is 0 Å². The molecule has 1 aliphatic heterocycles. The molecule has 3 heterocycles. The van der Waals surface area contributed by atoms with Crippen LogP contribution in [0.15, 0.2) is 36.7 Å². The predicted octanol–water partition coefficient (Wildman–Crippen LogP) is 2.29. The van der Waals surface area contributed by atoms with Crippen molar-refractivity contribution in [2.24, 2.45) is 0 Å². The number of hydrogen-bond acceptors (Lipinski definition) is 8. The van der Waals surface area contributed by atoms with Crippen LogP contribution in [0.25, 0.3) is 11.3 Å². The third kappa shape index (κ3) is 4.64. The Bertz CT molecular complexity index is 938. The summed E-state index contributed by atoms with van der Waals surface area (Å²) in [5.74, 6) is 2.63. The van der Waals surface area contributed by atoms with Crippen molar-refractivity contribution in [3.63, 3.8) is 0 Å². The van der Waals surface area contributed by atoms with Crippen LogP contribution >= 0.6 is 0 Å². The first kappa shape index (κ1) is 19.2. The molecule has 152 valence electrons. The van der Waals surface area contributed by atoms with Crippen LogP contribution in [0, 0.1) is 6.92 Å². The van der Waals surface area contributed by atoms with E-state index in [9.17, 15) is 0 Å². The normalized spacial score (nSPS) is 16.4. The standard InChI is InChI=1S/C20H24N6O3/c1-13-9-23-19(11-22-13)24-18-8-15(25-26-18)20-16(27-2)4-3-5-17(20)29-12-14-10-21-6-7-28-14/h3-5,8-9,11,14,21H,6-7,10,12H2,1-2H3,(H2,23,24,25,26)/t14-/m0/s1. The lowest BCUT2D eigenvalue weighted by Crippen LogP contribution is -2.41. The zero-order chi connectivity index (χ0) is 20.1. The van der Waals surface area contributed by atoms with Gasteiger partial charge in [-0.15, -0.1) is 0 Å². The van der Waals surface area contributed by atoms with Gasteiger partial charge in [0, 0.05) is 19.2 Å². The number of nitrogens with zero attached hydrogens (tertiary/aromatic N) is 3. The first-order valence-electron chi connectivity index (χ1n) is 9.46. The molecule has 2 aromatic heterocycles. The van der Waals surface area contributed by atoms with Gasteiger partial charge in [0.15, 0.2) is 5.82 Å². The minimum absolute atomic E-state index is 0.0157. The average Bonchev–Trinajstić information content (AvgIpc) is 3.22. The molecule has 0 spiro atoms. The summed E-state index contributed by atoms with van der Waals surface area (Å²) in [4.78, 5) is 8.52. The van der Waals surface area contributed by atoms with Crippen molar-refractivity contribution in [1.29, 1.82) is 0 Å². The molecule has 0 bridgehead atoms. The van der Waals surface area contributed by atoms with Gasteiger partial charge in [0.2, 0.25) is 0 Å². The number of aromatic amines is 1. The van der Waals surface area contributed by atoms with E-state index in [-0.39, 0.29) is 6.10 Å². The Balaban J connectivity index is 1.55. The number of rotatable bonds is 7. The summed E-state index contributed by atoms with van der Waals surface area (Å²) in [6.07, 6.45) is 3.38. The highest BCUT2D eigenvalue weighted by Gasteiger charge is 2.19. The molecule has 1 aliphatic rings. The number of nitrogens with one attached hydrogen (secondary N) is 3. The summed E-state index contributed by atoms with van der Waals surface area (Å²) >= 11 is 0. The fourth-order valence-electron chi connectivity index (χ4n) is 3.08. The maximum absolute atomic E-state index is 6.08. The molecule has 1 fully saturated rings. The van der Waals surface area contributed by atoms with Gasteiger partial charge in [0.1, 0.15) is 30.0 Å². The van der Waals surface area contributed by atoms with Gasteiger partial charge in [0.05, 0.1) is 43.1 Å². The molecule has 3 aromatic rings. The van der Waals surface area contributed by atoms with Gasteiger partial charge in [-0.25, -0.2) is 4.98 Å². The Morgan fingerprint density at radius 2 is 2.10 bits per heavy atom. The van der Waals surface area contributed by atoms with E-state index in [1.54, 1.807) is 19.5 Å². The van der Waals surface area contributed by atoms with Gasteiger partial charge < -0.3 is 24.8 Å². The number of benzene rings is 1. The van der Waals surface area contributed by atoms with Crippen LogP contribution in [0.5, 0.6) is 11.5 Å². The summed E-state index contributed by atoms with van der Waals surface area (Å²) in [5, 5.41) is 13.8. The Hall–Kier alpha value is -3.17. The lowest BCUT2D eigenvalue weighted by atomic mass is 10.1. The molecule has 0 radical (unpaired) electrons. The van der Waals surface area contributed by atoms with E-state index in [4.69, 9.17) is 14.2 Å². The predicted molar refractivity (Wildman–Crippen MR) is 109 cm³/mol. The molecule has 1 atom stereocenters. The van der Waals surface area contributed by atoms with Crippen molar-refractivity contribution >= 4 is 11.6 Å². The number of morpholine rings is 1. The second-order valence-corrected chi connectivity index (χ2v) is 6.68. The highest BCUT2D eigenvalue weighted by Crippen LogP contribution is 2.38. The van der Waals surface area contributed by atoms with Gasteiger partial charge in [-0.2, -0.15) is 5.10 Å². The molecular weight excluding hydrogens is 372 g/mol. The lowest BCUT2D eigenvalue weighted by molar-refractivity contribution is 0.000280. The second kappa shape index (κ2) is 8.89. The van der Waals surface area contributed by atoms with E-state index in [1.807, 2.05) is 31.2 Å². The quantitative estimate of drug-likeness (QED) is 0.559. The Kier molecular flexibility index (Phi) is 5.87. The van der Waals surface area contributed by atoms with Crippen LogP contribution in [0.2, 0.25) is 0 Å². The third-order valence-electron chi connectivity index (χ3n) is 4.52. The van der Waals surface area contributed by atoms with Crippen LogP contribution < -0.4 is 20.1 Å². The van der Waals surface area contributed by atoms with Crippen LogP contribution in [0.4, 0.5) is 11.6 Å². The number of anilines is 2. The largest absolute Gasteiger partial charge is 0.496 e. The van der Waals surface area contributed by atoms with Crippen molar-refractivity contribution < 1.29 is 14.2 Å². The highest BCUT2D eigenvalue weighted by molar-refractivity contribution is 5.76. The number of hydrogen-bond donors (Lipinski definition) is 3. The molecule has 4 rings (SSSR count). The van der Waals surface area contributed by atoms with Gasteiger partial charge in [-0.1, -0.05) is 6.07 Å². The van der Waals surface area contributed by atoms with Crippen molar-refractivity contribution in [2.75, 3.05) is 38.7 Å². The summed E-state index contributed by atoms with van der Waals surface area (Å²) in [7, 11) is 1.63. The first-order chi connectivity index (χ1) is 14.2. The molecule has 3 N–H and O–H groups in total. The smallest absolute Gasteiger partial charge is 0.153 e. The molecule has 9 heteroatoms. The highest BCUT2D eigenvalue weighted by atomic mass is 16.5. The van der Waals surface area contributed by atoms with E-state index in [1.165, 1.54) is 0 Å². The molecule has 29 heavy (non-hydrogen) atoms. The topological polar surface area (TPSA) is 106 Å². The summed E-state index contributed by atoms with van der Waals surface area (Å²) in [6, 6.07) is 7.58. The van der Waals surface area contributed by atoms with E-state index in [0.29, 0.717) is 36.3 Å². The van der Waals surface area contributed by atoms with Crippen molar-refractivity contribution in [1.82, 2.24) is 25.5 Å². The number of aryl methyl sites for hydroxylation is 1. The van der Waals surface area contributed by atoms with E-state index < -0.39 is 0 Å². The maximum Gasteiger partial charge on any atom is 0.153 e. The zero-order valence-corrected chi connectivity index (χ0v) is 16.4. The van der Waals surface area contributed by atoms with Gasteiger partial charge in [0.25, 0.3) is 0 Å². The van der Waals surface area contributed by atoms with Gasteiger partial charge >= 0.3 is 0 Å². The number of methoxy groups -OCH3 is 1. The number of H-pyrrole nitrogens is 1. The molecule has 0 aliphatic carbocycles. The van der Waals surface area contributed by atoms with Crippen molar-refractivity contribution in [3.05, 3.63) is 42.4 Å². The summed E-state index contributed by atoms with van der Waals surface area (Å²) in [6.45, 7) is 4.67. The SMILES string of the molecule is COc1cccc(OC[C@@H]2CNCCO2)c1-c1cc(Nc2cnc(C)cn2)n[nH]1. The van der Waals surface area contributed by atoms with Gasteiger partial charge in [-0.05, 0) is 19.1 Å². The third-order valence-corrected chi connectivity index (χ3v) is 4.52. The van der Waals surface area contributed by atoms with Crippen LogP contribution in [-0.2, 0) is 4.74 Å². The number of ether oxygens (including phenoxy) is 3. The molecule has 0 saturated carbocycles. The van der Waals surface area contributed by atoms with Crippen molar-refractivity contribution in [2.45, 2.75) is 13.0 Å². The fraction of sp³-hybridized carbons (Fsp3) is 0.350. The van der Waals surface area contributed by atoms with Crippen LogP contribution in [-0.4, -0.2) is 59.7 Å². The van der Waals surface area contributed by atoms with E-state index in [2.05, 4.69) is 30.8 Å². The minimum Gasteiger partial charge on any atom is -0.496 e. The van der Waals surface area contributed by atoms with Gasteiger partial charge in [-0.3, -0.25) is 10.1 Å². The molecule has 0 amide bonds. The zero-order valence-electron chi connectivity index (χ0n) is 16.4. The summed E-state index contributed by atoms with van der Waals surface area (Å²) < 4.78 is 17.4. The van der Waals surface area contributed by atoms with E-state index in [0.717, 1.165) is 30.0 Å². The maximum atomic E-state index is 6.08. The van der Waals surface area contributed by atoms with Crippen molar-refractivity contribution in [3.8, 4) is 22.8 Å². The number of aromatic nitrogens is 4. The monoisotopic (exact) mass is 396 g/mol. The first-order valence-corrected chi connectivity index (χ1v) is 9.46. The Labute approximate surface area is 168 Å². The molecule has 1 saturated heterocycles. The Morgan fingerprint density at radius 1 is 1.21 bits per heavy atom. The Morgan fingerprint density at radius 3 is 2.86 bits per heavy atom. The molecule has 9 nitrogen and oxygen atoms in total. The molecule has 0 unspecified atom stereocenters. The van der Waals surface area contributed by atoms with Crippen LogP contribution in [0.1, 0.15) is 5.69 Å². The molecular formula is C20H24N6O3. The fourth-order valence-corrected chi connectivity index (χ4v) is 3.08.